The van der Waals surface area contributed by atoms with Crippen LogP contribution in [0.3, 0.4) is 0 Å². The maximum absolute atomic E-state index is 13.1. The molecule has 0 aliphatic carbocycles. The summed E-state index contributed by atoms with van der Waals surface area (Å²) in [6.45, 7) is 1.72. The summed E-state index contributed by atoms with van der Waals surface area (Å²) in [4.78, 5) is 44.1. The summed E-state index contributed by atoms with van der Waals surface area (Å²) < 4.78 is 11.5. The van der Waals surface area contributed by atoms with Crippen molar-refractivity contribution in [2.24, 2.45) is 0 Å². The van der Waals surface area contributed by atoms with Crippen LogP contribution in [0.5, 0.6) is 11.5 Å². The van der Waals surface area contributed by atoms with Gasteiger partial charge in [0.05, 0.1) is 5.56 Å². The number of ether oxygens (including phenoxy) is 2. The molecule has 2 amide bonds. The third-order valence-electron chi connectivity index (χ3n) is 5.64. The number of H-pyrrole nitrogens is 1. The minimum atomic E-state index is -0.700. The van der Waals surface area contributed by atoms with Crippen molar-refractivity contribution in [3.63, 3.8) is 0 Å². The van der Waals surface area contributed by atoms with Crippen LogP contribution in [-0.2, 0) is 4.79 Å². The molecular weight excluding hydrogens is 398 g/mol. The third kappa shape index (κ3) is 3.61. The molecule has 0 radical (unpaired) electrons. The van der Waals surface area contributed by atoms with Crippen molar-refractivity contribution >= 4 is 22.7 Å². The van der Waals surface area contributed by atoms with Crippen LogP contribution >= 0.6 is 0 Å². The lowest BCUT2D eigenvalue weighted by molar-refractivity contribution is -0.142. The van der Waals surface area contributed by atoms with E-state index in [9.17, 15) is 14.4 Å². The molecule has 8 nitrogen and oxygen atoms in total. The Labute approximate surface area is 178 Å². The Hall–Kier alpha value is -3.81. The molecule has 2 aliphatic heterocycles. The number of pyridine rings is 1. The number of carbonyl (C=O) groups is 2. The fourth-order valence-electron chi connectivity index (χ4n) is 4.03. The minimum absolute atomic E-state index is 0.150. The van der Waals surface area contributed by atoms with E-state index < -0.39 is 6.10 Å². The van der Waals surface area contributed by atoms with Gasteiger partial charge in [0.25, 0.3) is 11.8 Å². The number of para-hydroxylation sites is 3. The predicted molar refractivity (Wildman–Crippen MR) is 113 cm³/mol. The number of aromatic nitrogens is 1. The fraction of sp³-hybridized carbons (Fsp3) is 0.261. The Morgan fingerprint density at radius 3 is 2.39 bits per heavy atom. The summed E-state index contributed by atoms with van der Waals surface area (Å²) in [5.74, 6) is 0.831. The molecule has 31 heavy (non-hydrogen) atoms. The second kappa shape index (κ2) is 7.79. The maximum atomic E-state index is 13.1. The minimum Gasteiger partial charge on any atom is -0.485 e. The lowest BCUT2D eigenvalue weighted by Gasteiger charge is -2.37. The normalized spacial score (nSPS) is 18.1. The maximum Gasteiger partial charge on any atom is 0.267 e. The van der Waals surface area contributed by atoms with Gasteiger partial charge in [-0.25, -0.2) is 0 Å². The Morgan fingerprint density at radius 1 is 0.903 bits per heavy atom. The first kappa shape index (κ1) is 19.2. The van der Waals surface area contributed by atoms with Gasteiger partial charge < -0.3 is 24.3 Å². The quantitative estimate of drug-likeness (QED) is 0.682. The molecule has 2 aliphatic rings. The van der Waals surface area contributed by atoms with Gasteiger partial charge >= 0.3 is 0 Å². The van der Waals surface area contributed by atoms with Crippen molar-refractivity contribution in [3.8, 4) is 11.5 Å². The van der Waals surface area contributed by atoms with E-state index in [1.54, 1.807) is 28.0 Å². The summed E-state index contributed by atoms with van der Waals surface area (Å²) in [6.07, 6.45) is -0.700. The number of aromatic amines is 1. The second-order valence-corrected chi connectivity index (χ2v) is 7.57. The van der Waals surface area contributed by atoms with E-state index in [0.717, 1.165) is 0 Å². The van der Waals surface area contributed by atoms with E-state index in [0.29, 0.717) is 54.1 Å². The number of fused-ring (bicyclic) bond motifs is 2. The Balaban J connectivity index is 1.26. The van der Waals surface area contributed by atoms with Gasteiger partial charge in [-0.05, 0) is 18.2 Å². The van der Waals surface area contributed by atoms with E-state index in [-0.39, 0.29) is 24.0 Å². The van der Waals surface area contributed by atoms with E-state index >= 15 is 0 Å². The fourth-order valence-corrected chi connectivity index (χ4v) is 4.03. The molecule has 5 rings (SSSR count). The lowest BCUT2D eigenvalue weighted by atomic mass is 10.1. The van der Waals surface area contributed by atoms with Crippen LogP contribution in [0.15, 0.2) is 59.4 Å². The van der Waals surface area contributed by atoms with Crippen molar-refractivity contribution in [3.05, 3.63) is 70.5 Å². The lowest BCUT2D eigenvalue weighted by Crippen LogP contribution is -2.55. The number of nitrogens with zero attached hydrogens (tertiary/aromatic N) is 2. The molecule has 2 aromatic carbocycles. The Bertz CT molecular complexity index is 1210. The zero-order valence-electron chi connectivity index (χ0n) is 16.7. The number of hydrogen-bond donors (Lipinski definition) is 1. The van der Waals surface area contributed by atoms with Gasteiger partial charge in [0.1, 0.15) is 6.61 Å². The molecule has 0 saturated carbocycles. The topological polar surface area (TPSA) is 91.9 Å². The van der Waals surface area contributed by atoms with Crippen molar-refractivity contribution in [2.75, 3.05) is 32.8 Å². The Kier molecular flexibility index (Phi) is 4.82. The molecule has 1 aromatic heterocycles. The second-order valence-electron chi connectivity index (χ2n) is 7.57. The standard InChI is InChI=1S/C23H21N3O5/c27-21-13-16(15-5-1-2-6-17(15)24-21)22(28)25-9-11-26(12-10-25)23(29)20-14-30-18-7-3-4-8-19(18)31-20/h1-8,13,20H,9-12,14H2,(H,24,27)/t20-/m1/s1. The van der Waals surface area contributed by atoms with Gasteiger partial charge in [-0.1, -0.05) is 30.3 Å². The van der Waals surface area contributed by atoms with Crippen LogP contribution in [0.2, 0.25) is 0 Å². The van der Waals surface area contributed by atoms with Crippen molar-refractivity contribution in [1.82, 2.24) is 14.8 Å². The number of rotatable bonds is 2. The summed E-state index contributed by atoms with van der Waals surface area (Å²) in [5.41, 5.74) is 0.687. The molecular formula is C23H21N3O5. The smallest absolute Gasteiger partial charge is 0.267 e. The highest BCUT2D eigenvalue weighted by Crippen LogP contribution is 2.31. The van der Waals surface area contributed by atoms with Gasteiger partial charge in [0, 0.05) is 43.1 Å². The van der Waals surface area contributed by atoms with E-state index in [2.05, 4.69) is 4.98 Å². The molecule has 1 saturated heterocycles. The number of amides is 2. The number of carbonyl (C=O) groups excluding carboxylic acids is 2. The van der Waals surface area contributed by atoms with Gasteiger partial charge in [-0.2, -0.15) is 0 Å². The molecule has 1 N–H and O–H groups in total. The van der Waals surface area contributed by atoms with Gasteiger partial charge in [0.2, 0.25) is 11.7 Å². The summed E-state index contributed by atoms with van der Waals surface area (Å²) >= 11 is 0. The van der Waals surface area contributed by atoms with E-state index in [4.69, 9.17) is 9.47 Å². The molecule has 3 heterocycles. The highest BCUT2D eigenvalue weighted by molar-refractivity contribution is 6.06. The van der Waals surface area contributed by atoms with Crippen LogP contribution in [0.25, 0.3) is 10.9 Å². The molecule has 158 valence electrons. The van der Waals surface area contributed by atoms with Crippen LogP contribution in [0, 0.1) is 0 Å². The number of hydrogen-bond acceptors (Lipinski definition) is 5. The molecule has 3 aromatic rings. The predicted octanol–water partition coefficient (Wildman–Crippen LogP) is 1.65. The first-order valence-corrected chi connectivity index (χ1v) is 10.2. The van der Waals surface area contributed by atoms with Crippen LogP contribution in [-0.4, -0.2) is 65.5 Å². The zero-order chi connectivity index (χ0) is 21.4. The largest absolute Gasteiger partial charge is 0.485 e. The highest BCUT2D eigenvalue weighted by Gasteiger charge is 2.33. The van der Waals surface area contributed by atoms with E-state index in [1.807, 2.05) is 30.3 Å². The third-order valence-corrected chi connectivity index (χ3v) is 5.64. The van der Waals surface area contributed by atoms with Gasteiger partial charge in [0.15, 0.2) is 11.5 Å². The zero-order valence-corrected chi connectivity index (χ0v) is 16.7. The molecule has 1 fully saturated rings. The van der Waals surface area contributed by atoms with Gasteiger partial charge in [-0.15, -0.1) is 0 Å². The average Bonchev–Trinajstić information content (AvgIpc) is 2.82. The number of piperazine rings is 1. The SMILES string of the molecule is O=C(c1cc(=O)[nH]c2ccccc12)N1CCN(C(=O)[C@H]2COc3ccccc3O2)CC1. The summed E-state index contributed by atoms with van der Waals surface area (Å²) in [5, 5.41) is 0.706. The first-order valence-electron chi connectivity index (χ1n) is 10.2. The molecule has 1 atom stereocenters. The monoisotopic (exact) mass is 419 g/mol. The van der Waals surface area contributed by atoms with Crippen molar-refractivity contribution in [1.29, 1.82) is 0 Å². The average molecular weight is 419 g/mol. The molecule has 0 spiro atoms. The van der Waals surface area contributed by atoms with Crippen LogP contribution < -0.4 is 15.0 Å². The molecule has 8 heteroatoms. The molecule has 0 bridgehead atoms. The summed E-state index contributed by atoms with van der Waals surface area (Å²) in [6, 6.07) is 15.8. The van der Waals surface area contributed by atoms with Crippen LogP contribution in [0.4, 0.5) is 0 Å². The van der Waals surface area contributed by atoms with Crippen molar-refractivity contribution < 1.29 is 19.1 Å². The van der Waals surface area contributed by atoms with Crippen LogP contribution in [0.1, 0.15) is 10.4 Å². The van der Waals surface area contributed by atoms with Crippen molar-refractivity contribution in [2.45, 2.75) is 6.10 Å². The number of nitrogens with one attached hydrogen (secondary N) is 1. The molecule has 0 unspecified atom stereocenters. The summed E-state index contributed by atoms with van der Waals surface area (Å²) in [7, 11) is 0. The highest BCUT2D eigenvalue weighted by atomic mass is 16.6. The Morgan fingerprint density at radius 2 is 1.58 bits per heavy atom. The number of benzene rings is 2. The van der Waals surface area contributed by atoms with E-state index in [1.165, 1.54) is 6.07 Å². The first-order chi connectivity index (χ1) is 15.1. The van der Waals surface area contributed by atoms with Gasteiger partial charge in [-0.3, -0.25) is 14.4 Å².